The largest absolute Gasteiger partial charge is 0.378 e. The van der Waals surface area contributed by atoms with Crippen molar-refractivity contribution in [3.8, 4) is 11.1 Å². The second-order valence-corrected chi connectivity index (χ2v) is 11.4. The van der Waals surface area contributed by atoms with Gasteiger partial charge in [0.1, 0.15) is 24.3 Å². The van der Waals surface area contributed by atoms with E-state index in [1.807, 2.05) is 6.07 Å². The van der Waals surface area contributed by atoms with E-state index in [1.54, 1.807) is 12.7 Å². The van der Waals surface area contributed by atoms with Crippen LogP contribution in [0.3, 0.4) is 0 Å². The Hall–Kier alpha value is -5.12. The summed E-state index contributed by atoms with van der Waals surface area (Å²) >= 11 is 0. The van der Waals surface area contributed by atoms with Crippen LogP contribution in [0.25, 0.3) is 32.9 Å². The van der Waals surface area contributed by atoms with Crippen LogP contribution in [0.2, 0.25) is 0 Å². The van der Waals surface area contributed by atoms with E-state index in [-0.39, 0.29) is 0 Å². The van der Waals surface area contributed by atoms with Crippen molar-refractivity contribution < 1.29 is 4.74 Å². The maximum absolute atomic E-state index is 5.56. The average Bonchev–Trinajstić information content (AvgIpc) is 3.09. The van der Waals surface area contributed by atoms with Crippen molar-refractivity contribution in [1.82, 2.24) is 24.8 Å². The summed E-state index contributed by atoms with van der Waals surface area (Å²) in [4.78, 5) is 25.3. The van der Waals surface area contributed by atoms with Crippen LogP contribution in [0.1, 0.15) is 0 Å². The van der Waals surface area contributed by atoms with Gasteiger partial charge < -0.3 is 19.9 Å². The molecule has 1 aliphatic heterocycles. The van der Waals surface area contributed by atoms with Gasteiger partial charge in [-0.2, -0.15) is 0 Å². The summed E-state index contributed by atoms with van der Waals surface area (Å²) < 4.78 is 5.56. The monoisotopic (exact) mass is 596 g/mol. The normalized spacial score (nSPS) is 13.4. The molecule has 0 radical (unpaired) electrons. The van der Waals surface area contributed by atoms with Crippen molar-refractivity contribution in [2.75, 3.05) is 68.6 Å². The standard InChI is InChI=1S/C36H36N8O/c1-42(2)17-16-37-35-31-22-26(8-14-33(31)38-24-40-35)27-9-15-34-32(23-27)36(41-25-39-34)44(29-6-4-3-5-7-29)30-12-10-28(11-13-30)43-18-20-45-21-19-43/h3-15,22-25H,16-21H2,1-2H3,(H,37,38,40). The van der Waals surface area contributed by atoms with Gasteiger partial charge in [-0.05, 0) is 85.9 Å². The van der Waals surface area contributed by atoms with Crippen molar-refractivity contribution in [1.29, 1.82) is 0 Å². The smallest absolute Gasteiger partial charge is 0.148 e. The van der Waals surface area contributed by atoms with Crippen molar-refractivity contribution in [3.63, 3.8) is 0 Å². The Bertz CT molecular complexity index is 1910. The predicted molar refractivity (Wildman–Crippen MR) is 183 cm³/mol. The molecule has 0 amide bonds. The highest BCUT2D eigenvalue weighted by Crippen LogP contribution is 2.39. The van der Waals surface area contributed by atoms with Crippen molar-refractivity contribution in [2.45, 2.75) is 0 Å². The van der Waals surface area contributed by atoms with E-state index in [9.17, 15) is 0 Å². The molecular formula is C36H36N8O. The molecule has 7 rings (SSSR count). The second kappa shape index (κ2) is 12.9. The minimum Gasteiger partial charge on any atom is -0.378 e. The Balaban J connectivity index is 1.29. The molecule has 3 heterocycles. The molecule has 45 heavy (non-hydrogen) atoms. The number of hydrogen-bond acceptors (Lipinski definition) is 9. The lowest BCUT2D eigenvalue weighted by Crippen LogP contribution is -2.36. The first-order valence-electron chi connectivity index (χ1n) is 15.3. The van der Waals surface area contributed by atoms with E-state index in [4.69, 9.17) is 9.72 Å². The maximum Gasteiger partial charge on any atom is 0.148 e. The number of ether oxygens (including phenoxy) is 1. The Morgan fingerprint density at radius 2 is 1.36 bits per heavy atom. The molecule has 6 aromatic rings. The SMILES string of the molecule is CN(C)CCNc1ncnc2ccc(-c3ccc4ncnc(N(c5ccccc5)c5ccc(N6CCOCC6)cc5)c4c3)cc12. The number of aromatic nitrogens is 4. The van der Waals surface area contributed by atoms with Crippen molar-refractivity contribution >= 4 is 50.5 Å². The van der Waals surface area contributed by atoms with Crippen LogP contribution in [0.5, 0.6) is 0 Å². The van der Waals surface area contributed by atoms with Gasteiger partial charge in [0, 0.05) is 54.0 Å². The fourth-order valence-corrected chi connectivity index (χ4v) is 5.78. The highest BCUT2D eigenvalue weighted by Gasteiger charge is 2.19. The third-order valence-corrected chi connectivity index (χ3v) is 8.14. The summed E-state index contributed by atoms with van der Waals surface area (Å²) in [6.07, 6.45) is 3.26. The van der Waals surface area contributed by atoms with Gasteiger partial charge in [0.2, 0.25) is 0 Å². The van der Waals surface area contributed by atoms with Gasteiger partial charge in [0.05, 0.1) is 24.2 Å². The average molecular weight is 597 g/mol. The van der Waals surface area contributed by atoms with Crippen LogP contribution >= 0.6 is 0 Å². The minimum atomic E-state index is 0.756. The molecule has 0 unspecified atom stereocenters. The summed E-state index contributed by atoms with van der Waals surface area (Å²) in [5.41, 5.74) is 7.18. The maximum atomic E-state index is 5.56. The number of fused-ring (bicyclic) bond motifs is 2. The molecule has 0 spiro atoms. The highest BCUT2D eigenvalue weighted by molar-refractivity contribution is 5.98. The second-order valence-electron chi connectivity index (χ2n) is 11.4. The quantitative estimate of drug-likeness (QED) is 0.201. The number of benzene rings is 4. The molecule has 1 saturated heterocycles. The van der Waals surface area contributed by atoms with Crippen molar-refractivity contribution in [2.24, 2.45) is 0 Å². The molecule has 9 nitrogen and oxygen atoms in total. The summed E-state index contributed by atoms with van der Waals surface area (Å²) in [5, 5.41) is 5.44. The van der Waals surface area contributed by atoms with Gasteiger partial charge in [-0.25, -0.2) is 19.9 Å². The number of likely N-dealkylation sites (N-methyl/N-ethyl adjacent to an activating group) is 1. The third-order valence-electron chi connectivity index (χ3n) is 8.14. The first-order chi connectivity index (χ1) is 22.1. The fourth-order valence-electron chi connectivity index (χ4n) is 5.78. The van der Waals surface area contributed by atoms with Crippen LogP contribution in [0.15, 0.2) is 104 Å². The van der Waals surface area contributed by atoms with Gasteiger partial charge in [-0.1, -0.05) is 30.3 Å². The van der Waals surface area contributed by atoms with E-state index >= 15 is 0 Å². The van der Waals surface area contributed by atoms with Crippen LogP contribution in [-0.2, 0) is 4.74 Å². The molecule has 2 aromatic heterocycles. The molecule has 226 valence electrons. The topological polar surface area (TPSA) is 82.5 Å². The molecule has 1 fully saturated rings. The number of nitrogens with zero attached hydrogens (tertiary/aromatic N) is 7. The zero-order chi connectivity index (χ0) is 30.6. The molecule has 0 bridgehead atoms. The lowest BCUT2D eigenvalue weighted by Gasteiger charge is -2.30. The number of anilines is 5. The number of rotatable bonds is 9. The fraction of sp³-hybridized carbons (Fsp3) is 0.222. The lowest BCUT2D eigenvalue weighted by atomic mass is 10.0. The third kappa shape index (κ3) is 6.13. The molecule has 1 aliphatic rings. The van der Waals surface area contributed by atoms with E-state index in [0.29, 0.717) is 0 Å². The van der Waals surface area contributed by atoms with E-state index in [1.165, 1.54) is 5.69 Å². The summed E-state index contributed by atoms with van der Waals surface area (Å²) in [6.45, 7) is 5.01. The molecule has 1 N–H and O–H groups in total. The van der Waals surface area contributed by atoms with Crippen molar-refractivity contribution in [3.05, 3.63) is 104 Å². The van der Waals surface area contributed by atoms with Crippen LogP contribution in [-0.4, -0.2) is 78.3 Å². The van der Waals surface area contributed by atoms with Gasteiger partial charge in [0.25, 0.3) is 0 Å². The van der Waals surface area contributed by atoms with Crippen LogP contribution < -0.4 is 15.1 Å². The number of morpholine rings is 1. The lowest BCUT2D eigenvalue weighted by molar-refractivity contribution is 0.122. The summed E-state index contributed by atoms with van der Waals surface area (Å²) in [7, 11) is 4.13. The molecular weight excluding hydrogens is 560 g/mol. The number of hydrogen-bond donors (Lipinski definition) is 1. The molecule has 0 saturated carbocycles. The Kier molecular flexibility index (Phi) is 8.18. The first kappa shape index (κ1) is 28.6. The minimum absolute atomic E-state index is 0.756. The van der Waals surface area contributed by atoms with Gasteiger partial charge in [0.15, 0.2) is 0 Å². The molecule has 4 aromatic carbocycles. The van der Waals surface area contributed by atoms with Crippen LogP contribution in [0.4, 0.5) is 28.7 Å². The Morgan fingerprint density at radius 3 is 2.07 bits per heavy atom. The van der Waals surface area contributed by atoms with Gasteiger partial charge in [-0.15, -0.1) is 0 Å². The number of nitrogens with one attached hydrogen (secondary N) is 1. The van der Waals surface area contributed by atoms with E-state index < -0.39 is 0 Å². The molecule has 0 atom stereocenters. The molecule has 9 heteroatoms. The van der Waals surface area contributed by atoms with Gasteiger partial charge in [-0.3, -0.25) is 4.90 Å². The van der Waals surface area contributed by atoms with E-state index in [2.05, 4.69) is 134 Å². The zero-order valence-corrected chi connectivity index (χ0v) is 25.6. The molecule has 0 aliphatic carbocycles. The zero-order valence-electron chi connectivity index (χ0n) is 25.6. The Labute approximate surface area is 263 Å². The van der Waals surface area contributed by atoms with Gasteiger partial charge >= 0.3 is 0 Å². The van der Waals surface area contributed by atoms with E-state index in [0.717, 1.165) is 95.3 Å². The first-order valence-corrected chi connectivity index (χ1v) is 15.3. The summed E-state index contributed by atoms with van der Waals surface area (Å²) in [5.74, 6) is 1.66. The Morgan fingerprint density at radius 1 is 0.711 bits per heavy atom. The number of para-hydroxylation sites is 1. The highest BCUT2D eigenvalue weighted by atomic mass is 16.5. The predicted octanol–water partition coefficient (Wildman–Crippen LogP) is 6.52. The summed E-state index contributed by atoms with van der Waals surface area (Å²) in [6, 6.07) is 31.8. The van der Waals surface area contributed by atoms with Crippen LogP contribution in [0, 0.1) is 0 Å².